The fraction of sp³-hybridized carbons (Fsp3) is 0.600. The van der Waals surface area contributed by atoms with Crippen LogP contribution in [0.3, 0.4) is 0 Å². The van der Waals surface area contributed by atoms with Gasteiger partial charge in [0.25, 0.3) is 0 Å². The summed E-state index contributed by atoms with van der Waals surface area (Å²) in [6.45, 7) is 8.46. The van der Waals surface area contributed by atoms with E-state index in [0.717, 1.165) is 23.0 Å². The van der Waals surface area contributed by atoms with Crippen LogP contribution < -0.4 is 5.73 Å². The van der Waals surface area contributed by atoms with Crippen LogP contribution in [0.4, 0.5) is 5.69 Å². The van der Waals surface area contributed by atoms with Crippen LogP contribution in [-0.2, 0) is 11.2 Å². The molecule has 0 aliphatic carbocycles. The first kappa shape index (κ1) is 15.2. The van der Waals surface area contributed by atoms with Crippen LogP contribution in [0.25, 0.3) is 0 Å². The molecule has 0 bridgehead atoms. The lowest BCUT2D eigenvalue weighted by atomic mass is 9.82. The molecule has 0 unspecified atom stereocenters. The van der Waals surface area contributed by atoms with Gasteiger partial charge in [-0.1, -0.05) is 6.07 Å². The van der Waals surface area contributed by atoms with Crippen LogP contribution in [0.5, 0.6) is 0 Å². The lowest BCUT2D eigenvalue weighted by molar-refractivity contribution is 0.377. The van der Waals surface area contributed by atoms with E-state index >= 15 is 0 Å². The first-order valence-corrected chi connectivity index (χ1v) is 8.55. The molecule has 0 spiro atoms. The monoisotopic (exact) mass is 343 g/mol. The van der Waals surface area contributed by atoms with Gasteiger partial charge in [-0.25, -0.2) is 0 Å². The Labute approximate surface area is 127 Å². The van der Waals surface area contributed by atoms with Gasteiger partial charge in [0.1, 0.15) is 9.49 Å². The van der Waals surface area contributed by atoms with Crippen molar-refractivity contribution >= 4 is 32.8 Å². The second kappa shape index (κ2) is 4.97. The summed E-state index contributed by atoms with van der Waals surface area (Å²) >= 11 is 2.70. The van der Waals surface area contributed by atoms with Crippen LogP contribution in [0, 0.1) is 0 Å². The molecule has 1 heterocycles. The molecule has 2 rings (SSSR count). The molecule has 1 fully saturated rings. The van der Waals surface area contributed by atoms with Crippen molar-refractivity contribution in [1.29, 1.82) is 0 Å². The fourth-order valence-corrected chi connectivity index (χ4v) is 5.79. The third-order valence-electron chi connectivity index (χ3n) is 3.98. The molecule has 1 saturated heterocycles. The Morgan fingerprint density at radius 1 is 1.21 bits per heavy atom. The van der Waals surface area contributed by atoms with Crippen LogP contribution >= 0.6 is 15.9 Å². The lowest BCUT2D eigenvalue weighted by Crippen LogP contribution is -2.51. The van der Waals surface area contributed by atoms with Gasteiger partial charge in [-0.15, -0.1) is 0 Å². The fourth-order valence-electron chi connectivity index (χ4n) is 3.19. The number of rotatable bonds is 1. The van der Waals surface area contributed by atoms with Crippen molar-refractivity contribution in [2.75, 3.05) is 5.73 Å². The maximum Gasteiger partial charge on any atom is 0.121 e. The summed E-state index contributed by atoms with van der Waals surface area (Å²) in [6, 6.07) is 6.16. The van der Waals surface area contributed by atoms with Crippen molar-refractivity contribution in [1.82, 2.24) is 0 Å². The van der Waals surface area contributed by atoms with Crippen LogP contribution in [0.15, 0.2) is 22.7 Å². The summed E-state index contributed by atoms with van der Waals surface area (Å²) in [5, 5.41) is 0. The van der Waals surface area contributed by atoms with Crippen molar-refractivity contribution in [2.45, 2.75) is 55.9 Å². The first-order valence-electron chi connectivity index (χ1n) is 6.60. The van der Waals surface area contributed by atoms with Crippen LogP contribution in [0.2, 0.25) is 0 Å². The minimum atomic E-state index is -0.802. The van der Waals surface area contributed by atoms with E-state index in [2.05, 4.69) is 55.8 Å². The smallest absolute Gasteiger partial charge is 0.121 e. The summed E-state index contributed by atoms with van der Waals surface area (Å²) in [4.78, 5) is 0. The minimum absolute atomic E-state index is 0.139. The third kappa shape index (κ3) is 2.96. The molecule has 19 heavy (non-hydrogen) atoms. The predicted octanol–water partition coefficient (Wildman–Crippen LogP) is 4.21. The quantitative estimate of drug-likeness (QED) is 0.613. The van der Waals surface area contributed by atoms with Crippen molar-refractivity contribution < 1.29 is 4.55 Å². The maximum absolute atomic E-state index is 12.5. The average molecular weight is 344 g/mol. The van der Waals surface area contributed by atoms with Crippen molar-refractivity contribution in [2.24, 2.45) is 0 Å². The van der Waals surface area contributed by atoms with E-state index in [4.69, 9.17) is 5.73 Å². The molecule has 0 amide bonds. The van der Waals surface area contributed by atoms with E-state index in [0.29, 0.717) is 5.92 Å². The highest BCUT2D eigenvalue weighted by Gasteiger charge is 2.50. The number of hydrogen-bond acceptors (Lipinski definition) is 2. The third-order valence-corrected chi connectivity index (χ3v) is 7.00. The number of halogens is 1. The van der Waals surface area contributed by atoms with Gasteiger partial charge < -0.3 is 10.3 Å². The van der Waals surface area contributed by atoms with Gasteiger partial charge in [0.15, 0.2) is 0 Å². The Morgan fingerprint density at radius 3 is 2.21 bits per heavy atom. The zero-order valence-corrected chi connectivity index (χ0v) is 14.4. The van der Waals surface area contributed by atoms with Gasteiger partial charge in [0, 0.05) is 23.0 Å². The van der Waals surface area contributed by atoms with Crippen LogP contribution in [-0.4, -0.2) is 14.0 Å². The summed E-state index contributed by atoms with van der Waals surface area (Å²) < 4.78 is 13.2. The van der Waals surface area contributed by atoms with E-state index in [1.807, 2.05) is 6.07 Å². The highest BCUT2D eigenvalue weighted by molar-refractivity contribution is 9.10. The zero-order valence-electron chi connectivity index (χ0n) is 12.0. The van der Waals surface area contributed by atoms with E-state index in [-0.39, 0.29) is 9.49 Å². The predicted molar refractivity (Wildman–Crippen MR) is 86.8 cm³/mol. The highest BCUT2D eigenvalue weighted by Crippen LogP contribution is 2.48. The standard InChI is InChI=1S/C15H22BrNOS/c1-14(2)8-11(9-15(3,4)19(14)18)10-5-6-13(17)12(16)7-10/h5-7,11H,8-9,17H2,1-4H3. The van der Waals surface area contributed by atoms with Gasteiger partial charge >= 0.3 is 0 Å². The summed E-state index contributed by atoms with van der Waals surface area (Å²) in [6.07, 6.45) is 1.92. The molecule has 2 nitrogen and oxygen atoms in total. The molecule has 1 aliphatic heterocycles. The largest absolute Gasteiger partial charge is 0.616 e. The summed E-state index contributed by atoms with van der Waals surface area (Å²) in [7, 11) is 0. The number of nitrogens with two attached hydrogens (primary N) is 1. The maximum atomic E-state index is 12.5. The normalized spacial score (nSPS) is 29.2. The van der Waals surface area contributed by atoms with Crippen molar-refractivity contribution in [3.63, 3.8) is 0 Å². The Kier molecular flexibility index (Phi) is 3.98. The number of benzene rings is 1. The highest BCUT2D eigenvalue weighted by atomic mass is 79.9. The van der Waals surface area contributed by atoms with Gasteiger partial charge in [-0.05, 0) is 78.4 Å². The van der Waals surface area contributed by atoms with E-state index < -0.39 is 11.2 Å². The molecule has 4 heteroatoms. The Bertz CT molecular complexity index is 469. The molecule has 106 valence electrons. The second-order valence-corrected chi connectivity index (χ2v) is 10.3. The first-order chi connectivity index (χ1) is 8.63. The molecule has 0 atom stereocenters. The molecule has 1 aromatic carbocycles. The SMILES string of the molecule is CC1(C)CC(c2ccc(N)c(Br)c2)CC(C)(C)[S+]1[O-]. The summed E-state index contributed by atoms with van der Waals surface area (Å²) in [5.74, 6) is 0.444. The van der Waals surface area contributed by atoms with Crippen molar-refractivity contribution in [3.05, 3.63) is 28.2 Å². The Hall–Kier alpha value is -0.190. The second-order valence-electron chi connectivity index (χ2n) is 6.67. The molecular weight excluding hydrogens is 322 g/mol. The van der Waals surface area contributed by atoms with Gasteiger partial charge in [0.05, 0.1) is 0 Å². The lowest BCUT2D eigenvalue weighted by Gasteiger charge is -2.46. The molecule has 1 aliphatic rings. The topological polar surface area (TPSA) is 49.1 Å². The van der Waals surface area contributed by atoms with Crippen LogP contribution in [0.1, 0.15) is 52.0 Å². The minimum Gasteiger partial charge on any atom is -0.616 e. The van der Waals surface area contributed by atoms with E-state index in [1.165, 1.54) is 5.56 Å². The molecule has 2 N–H and O–H groups in total. The molecule has 0 radical (unpaired) electrons. The zero-order chi connectivity index (χ0) is 14.4. The van der Waals surface area contributed by atoms with E-state index in [9.17, 15) is 4.55 Å². The Balaban J connectivity index is 2.33. The van der Waals surface area contributed by atoms with Crippen molar-refractivity contribution in [3.8, 4) is 0 Å². The molecular formula is C15H22BrNOS. The van der Waals surface area contributed by atoms with Gasteiger partial charge in [-0.2, -0.15) is 0 Å². The Morgan fingerprint density at radius 2 is 1.74 bits per heavy atom. The molecule has 0 saturated carbocycles. The number of nitrogen functional groups attached to an aromatic ring is 1. The summed E-state index contributed by atoms with van der Waals surface area (Å²) in [5.41, 5.74) is 7.91. The van der Waals surface area contributed by atoms with Gasteiger partial charge in [0.2, 0.25) is 0 Å². The number of hydrogen-bond donors (Lipinski definition) is 1. The molecule has 0 aromatic heterocycles. The average Bonchev–Trinajstić information content (AvgIpc) is 2.28. The molecule has 1 aromatic rings. The number of anilines is 1. The van der Waals surface area contributed by atoms with E-state index in [1.54, 1.807) is 0 Å². The van der Waals surface area contributed by atoms with Gasteiger partial charge in [-0.3, -0.25) is 0 Å².